The fourth-order valence-electron chi connectivity index (χ4n) is 2.49. The minimum atomic E-state index is -0.165. The third-order valence-corrected chi connectivity index (χ3v) is 3.79. The van der Waals surface area contributed by atoms with E-state index in [2.05, 4.69) is 19.2 Å². The molecule has 0 spiro atoms. The lowest BCUT2D eigenvalue weighted by Gasteiger charge is -2.33. The summed E-state index contributed by atoms with van der Waals surface area (Å²) in [6.07, 6.45) is 3.66. The van der Waals surface area contributed by atoms with E-state index in [0.717, 1.165) is 17.5 Å². The molecule has 0 aromatic heterocycles. The summed E-state index contributed by atoms with van der Waals surface area (Å²) in [5, 5.41) is 3.43. The fourth-order valence-corrected chi connectivity index (χ4v) is 2.49. The SMILES string of the molecule is CC1CCC(Nc2cccc(F)c2)CC1C. The molecule has 1 fully saturated rings. The zero-order valence-corrected chi connectivity index (χ0v) is 10.0. The van der Waals surface area contributed by atoms with Crippen LogP contribution in [-0.4, -0.2) is 6.04 Å². The summed E-state index contributed by atoms with van der Waals surface area (Å²) in [7, 11) is 0. The predicted octanol–water partition coefficient (Wildman–Crippen LogP) is 4.06. The van der Waals surface area contributed by atoms with Crippen molar-refractivity contribution in [3.8, 4) is 0 Å². The summed E-state index contributed by atoms with van der Waals surface area (Å²) >= 11 is 0. The van der Waals surface area contributed by atoms with E-state index in [9.17, 15) is 4.39 Å². The maximum atomic E-state index is 13.0. The number of anilines is 1. The molecule has 1 aliphatic carbocycles. The van der Waals surface area contributed by atoms with Gasteiger partial charge in [0.25, 0.3) is 0 Å². The highest BCUT2D eigenvalue weighted by Crippen LogP contribution is 2.31. The molecule has 0 bridgehead atoms. The third-order valence-electron chi connectivity index (χ3n) is 3.79. The number of halogens is 1. The molecule has 16 heavy (non-hydrogen) atoms. The minimum absolute atomic E-state index is 0.165. The second-order valence-corrected chi connectivity index (χ2v) is 5.12. The topological polar surface area (TPSA) is 12.0 Å². The summed E-state index contributed by atoms with van der Waals surface area (Å²) in [6.45, 7) is 4.63. The normalized spacial score (nSPS) is 30.1. The summed E-state index contributed by atoms with van der Waals surface area (Å²) in [5.74, 6) is 1.42. The predicted molar refractivity (Wildman–Crippen MR) is 66.0 cm³/mol. The van der Waals surface area contributed by atoms with Crippen LogP contribution in [0.5, 0.6) is 0 Å². The van der Waals surface area contributed by atoms with E-state index in [0.29, 0.717) is 6.04 Å². The Morgan fingerprint density at radius 3 is 2.69 bits per heavy atom. The second kappa shape index (κ2) is 4.86. The molecule has 0 saturated heterocycles. The number of rotatable bonds is 2. The van der Waals surface area contributed by atoms with Crippen LogP contribution in [0.2, 0.25) is 0 Å². The maximum Gasteiger partial charge on any atom is 0.125 e. The van der Waals surface area contributed by atoms with E-state index in [1.165, 1.54) is 25.3 Å². The maximum absolute atomic E-state index is 13.0. The zero-order chi connectivity index (χ0) is 11.5. The first kappa shape index (κ1) is 11.4. The lowest BCUT2D eigenvalue weighted by molar-refractivity contribution is 0.261. The lowest BCUT2D eigenvalue weighted by atomic mass is 9.79. The van der Waals surface area contributed by atoms with Gasteiger partial charge in [-0.15, -0.1) is 0 Å². The molecule has 88 valence electrons. The van der Waals surface area contributed by atoms with Crippen LogP contribution in [0.4, 0.5) is 10.1 Å². The Morgan fingerprint density at radius 1 is 1.19 bits per heavy atom. The van der Waals surface area contributed by atoms with E-state index < -0.39 is 0 Å². The van der Waals surface area contributed by atoms with Gasteiger partial charge in [0.2, 0.25) is 0 Å². The molecule has 0 amide bonds. The van der Waals surface area contributed by atoms with Crippen molar-refractivity contribution < 1.29 is 4.39 Å². The highest BCUT2D eigenvalue weighted by Gasteiger charge is 2.24. The smallest absolute Gasteiger partial charge is 0.125 e. The van der Waals surface area contributed by atoms with Crippen LogP contribution in [-0.2, 0) is 0 Å². The van der Waals surface area contributed by atoms with Gasteiger partial charge in [-0.3, -0.25) is 0 Å². The quantitative estimate of drug-likeness (QED) is 0.794. The number of hydrogen-bond donors (Lipinski definition) is 1. The lowest BCUT2D eigenvalue weighted by Crippen LogP contribution is -2.30. The van der Waals surface area contributed by atoms with Gasteiger partial charge >= 0.3 is 0 Å². The Kier molecular flexibility index (Phi) is 3.47. The Hall–Kier alpha value is -1.05. The van der Waals surface area contributed by atoms with Gasteiger partial charge in [0.1, 0.15) is 5.82 Å². The molecule has 0 heterocycles. The monoisotopic (exact) mass is 221 g/mol. The van der Waals surface area contributed by atoms with Gasteiger partial charge in [-0.25, -0.2) is 4.39 Å². The van der Waals surface area contributed by atoms with Crippen LogP contribution in [0.1, 0.15) is 33.1 Å². The molecular formula is C14H20FN. The van der Waals surface area contributed by atoms with Gasteiger partial charge in [-0.2, -0.15) is 0 Å². The fraction of sp³-hybridized carbons (Fsp3) is 0.571. The summed E-state index contributed by atoms with van der Waals surface area (Å²) < 4.78 is 13.0. The van der Waals surface area contributed by atoms with Gasteiger partial charge in [0.05, 0.1) is 0 Å². The first-order valence-corrected chi connectivity index (χ1v) is 6.17. The average Bonchev–Trinajstić information content (AvgIpc) is 2.24. The van der Waals surface area contributed by atoms with E-state index in [1.54, 1.807) is 12.1 Å². The summed E-state index contributed by atoms with van der Waals surface area (Å²) in [5.41, 5.74) is 0.909. The number of benzene rings is 1. The molecule has 0 aliphatic heterocycles. The summed E-state index contributed by atoms with van der Waals surface area (Å²) in [6, 6.07) is 7.26. The molecule has 1 aliphatic rings. The zero-order valence-electron chi connectivity index (χ0n) is 10.0. The van der Waals surface area contributed by atoms with E-state index in [1.807, 2.05) is 6.07 Å². The van der Waals surface area contributed by atoms with E-state index in [-0.39, 0.29) is 5.82 Å². The van der Waals surface area contributed by atoms with E-state index in [4.69, 9.17) is 0 Å². The first-order valence-electron chi connectivity index (χ1n) is 6.17. The second-order valence-electron chi connectivity index (χ2n) is 5.12. The van der Waals surface area contributed by atoms with Crippen molar-refractivity contribution in [1.29, 1.82) is 0 Å². The van der Waals surface area contributed by atoms with Crippen molar-refractivity contribution >= 4 is 5.69 Å². The average molecular weight is 221 g/mol. The van der Waals surface area contributed by atoms with E-state index >= 15 is 0 Å². The molecule has 1 N–H and O–H groups in total. The van der Waals surface area contributed by atoms with Crippen molar-refractivity contribution in [3.63, 3.8) is 0 Å². The molecule has 2 heteroatoms. The van der Waals surface area contributed by atoms with Gasteiger partial charge in [-0.1, -0.05) is 19.9 Å². The van der Waals surface area contributed by atoms with Gasteiger partial charge in [0.15, 0.2) is 0 Å². The van der Waals surface area contributed by atoms with Gasteiger partial charge in [0, 0.05) is 11.7 Å². The number of nitrogens with one attached hydrogen (secondary N) is 1. The van der Waals surface area contributed by atoms with Crippen molar-refractivity contribution in [2.75, 3.05) is 5.32 Å². The molecule has 2 rings (SSSR count). The van der Waals surface area contributed by atoms with Crippen molar-refractivity contribution in [1.82, 2.24) is 0 Å². The van der Waals surface area contributed by atoms with Crippen molar-refractivity contribution in [2.24, 2.45) is 11.8 Å². The Balaban J connectivity index is 1.95. The van der Waals surface area contributed by atoms with Crippen LogP contribution in [0, 0.1) is 17.7 Å². The Labute approximate surface area is 97.1 Å². The highest BCUT2D eigenvalue weighted by molar-refractivity contribution is 5.44. The molecule has 0 radical (unpaired) electrons. The molecule has 1 aromatic rings. The Morgan fingerprint density at radius 2 is 2.00 bits per heavy atom. The van der Waals surface area contributed by atoms with Crippen LogP contribution in [0.3, 0.4) is 0 Å². The summed E-state index contributed by atoms with van der Waals surface area (Å²) in [4.78, 5) is 0. The standard InChI is InChI=1S/C14H20FN/c1-10-6-7-14(8-11(10)2)16-13-5-3-4-12(15)9-13/h3-5,9-11,14,16H,6-8H2,1-2H3. The van der Waals surface area contributed by atoms with Crippen LogP contribution in [0.15, 0.2) is 24.3 Å². The van der Waals surface area contributed by atoms with Crippen LogP contribution >= 0.6 is 0 Å². The molecule has 1 aromatic carbocycles. The molecule has 1 nitrogen and oxygen atoms in total. The first-order chi connectivity index (χ1) is 7.65. The minimum Gasteiger partial charge on any atom is -0.382 e. The largest absolute Gasteiger partial charge is 0.382 e. The highest BCUT2D eigenvalue weighted by atomic mass is 19.1. The van der Waals surface area contributed by atoms with Crippen LogP contribution in [0.25, 0.3) is 0 Å². The van der Waals surface area contributed by atoms with Crippen LogP contribution < -0.4 is 5.32 Å². The molecular weight excluding hydrogens is 201 g/mol. The Bertz CT molecular complexity index is 350. The number of hydrogen-bond acceptors (Lipinski definition) is 1. The molecule has 3 atom stereocenters. The van der Waals surface area contributed by atoms with Crippen molar-refractivity contribution in [2.45, 2.75) is 39.2 Å². The molecule has 1 saturated carbocycles. The van der Waals surface area contributed by atoms with Gasteiger partial charge < -0.3 is 5.32 Å². The van der Waals surface area contributed by atoms with Gasteiger partial charge in [-0.05, 0) is 49.3 Å². The molecule has 3 unspecified atom stereocenters. The third kappa shape index (κ3) is 2.75. The van der Waals surface area contributed by atoms with Crippen molar-refractivity contribution in [3.05, 3.63) is 30.1 Å².